The molecule has 0 aromatic heterocycles. The Kier molecular flexibility index (Phi) is 6.98. The molecule has 1 aliphatic rings. The highest BCUT2D eigenvalue weighted by atomic mass is 35.5. The Morgan fingerprint density at radius 1 is 1.27 bits per heavy atom. The number of anilines is 1. The predicted octanol–water partition coefficient (Wildman–Crippen LogP) is 2.18. The number of benzene rings is 1. The Morgan fingerprint density at radius 3 is 2.46 bits per heavy atom. The van der Waals surface area contributed by atoms with E-state index in [4.69, 9.17) is 11.6 Å². The molecule has 0 saturated carbocycles. The smallest absolute Gasteiger partial charge is 0.387 e. The number of halogens is 3. The van der Waals surface area contributed by atoms with Crippen molar-refractivity contribution in [2.24, 2.45) is 0 Å². The van der Waals surface area contributed by atoms with E-state index >= 15 is 0 Å². The minimum absolute atomic E-state index is 0.0149. The van der Waals surface area contributed by atoms with Crippen LogP contribution in [0.15, 0.2) is 18.2 Å². The fraction of sp³-hybridized carbons (Fsp3) is 0.500. The van der Waals surface area contributed by atoms with E-state index in [-0.39, 0.29) is 29.3 Å². The van der Waals surface area contributed by atoms with Gasteiger partial charge in [-0.05, 0) is 18.2 Å². The summed E-state index contributed by atoms with van der Waals surface area (Å²) in [6.45, 7) is -0.516. The first-order valence-electron chi connectivity index (χ1n) is 7.99. The summed E-state index contributed by atoms with van der Waals surface area (Å²) in [4.78, 5) is 29.2. The van der Waals surface area contributed by atoms with E-state index in [0.717, 1.165) is 0 Å². The van der Waals surface area contributed by atoms with Gasteiger partial charge in [0.1, 0.15) is 5.75 Å². The van der Waals surface area contributed by atoms with Gasteiger partial charge in [0.15, 0.2) is 0 Å². The second-order valence-corrected chi connectivity index (χ2v) is 6.42. The number of piperazine rings is 1. The monoisotopic (exact) mass is 390 g/mol. The molecule has 0 radical (unpaired) electrons. The molecule has 1 heterocycles. The number of nitrogens with one attached hydrogen (secondary N) is 1. The van der Waals surface area contributed by atoms with Gasteiger partial charge in [-0.1, -0.05) is 11.6 Å². The van der Waals surface area contributed by atoms with Crippen molar-refractivity contribution in [3.63, 3.8) is 0 Å². The number of rotatable bonds is 5. The molecule has 144 valence electrons. The third-order valence-corrected chi connectivity index (χ3v) is 4.12. The summed E-state index contributed by atoms with van der Waals surface area (Å²) in [5.74, 6) is -0.405. The number of carbonyl (C=O) groups excluding carboxylic acids is 2. The Balaban J connectivity index is 1.82. The standard InChI is InChI=1S/C16H21ClF2N4O3/c1-21(2)16(25)23-7-5-22(6-8-23)10-14(24)20-11-3-4-13(12(17)9-11)26-15(18)19/h3-4,9,15H,5-8,10H2,1-2H3,(H,20,24). The molecule has 1 fully saturated rings. The molecular weight excluding hydrogens is 370 g/mol. The molecule has 1 aromatic carbocycles. The minimum atomic E-state index is -2.97. The van der Waals surface area contributed by atoms with Gasteiger partial charge in [0.2, 0.25) is 5.91 Å². The van der Waals surface area contributed by atoms with Gasteiger partial charge in [-0.3, -0.25) is 9.69 Å². The van der Waals surface area contributed by atoms with Gasteiger partial charge in [0.25, 0.3) is 0 Å². The van der Waals surface area contributed by atoms with Crippen molar-refractivity contribution in [2.45, 2.75) is 6.61 Å². The molecule has 1 aromatic rings. The quantitative estimate of drug-likeness (QED) is 0.837. The highest BCUT2D eigenvalue weighted by molar-refractivity contribution is 6.32. The molecule has 10 heteroatoms. The van der Waals surface area contributed by atoms with Crippen LogP contribution < -0.4 is 10.1 Å². The molecule has 1 aliphatic heterocycles. The summed E-state index contributed by atoms with van der Waals surface area (Å²) >= 11 is 5.86. The summed E-state index contributed by atoms with van der Waals surface area (Å²) in [6, 6.07) is 4.02. The zero-order valence-electron chi connectivity index (χ0n) is 14.5. The SMILES string of the molecule is CN(C)C(=O)N1CCN(CC(=O)Nc2ccc(OC(F)F)c(Cl)c2)CC1. The zero-order chi connectivity index (χ0) is 19.3. The van der Waals surface area contributed by atoms with Gasteiger partial charge in [0.05, 0.1) is 11.6 Å². The Hall–Kier alpha value is -2.13. The normalized spacial score (nSPS) is 15.1. The van der Waals surface area contributed by atoms with Crippen LogP contribution in [0.25, 0.3) is 0 Å². The van der Waals surface area contributed by atoms with Gasteiger partial charge in [-0.2, -0.15) is 8.78 Å². The maximum atomic E-state index is 12.2. The summed E-state index contributed by atoms with van der Waals surface area (Å²) in [5, 5.41) is 2.65. The second-order valence-electron chi connectivity index (χ2n) is 6.01. The van der Waals surface area contributed by atoms with Gasteiger partial charge in [0, 0.05) is 46.0 Å². The molecule has 0 unspecified atom stereocenters. The lowest BCUT2D eigenvalue weighted by molar-refractivity contribution is -0.117. The molecular formula is C16H21ClF2N4O3. The third-order valence-electron chi connectivity index (χ3n) is 3.82. The van der Waals surface area contributed by atoms with Gasteiger partial charge < -0.3 is 19.9 Å². The first kappa shape index (κ1) is 20.2. The third kappa shape index (κ3) is 5.70. The van der Waals surface area contributed by atoms with E-state index in [0.29, 0.717) is 31.9 Å². The van der Waals surface area contributed by atoms with Crippen molar-refractivity contribution in [3.8, 4) is 5.75 Å². The predicted molar refractivity (Wildman–Crippen MR) is 93.8 cm³/mol. The van der Waals surface area contributed by atoms with E-state index in [1.807, 2.05) is 4.90 Å². The van der Waals surface area contributed by atoms with Crippen LogP contribution in [0.1, 0.15) is 0 Å². The van der Waals surface area contributed by atoms with Crippen molar-refractivity contribution in [2.75, 3.05) is 52.1 Å². The average Bonchev–Trinajstić information content (AvgIpc) is 2.57. The number of nitrogens with zero attached hydrogens (tertiary/aromatic N) is 3. The summed E-state index contributed by atoms with van der Waals surface area (Å²) < 4.78 is 28.7. The molecule has 0 aliphatic carbocycles. The van der Waals surface area contributed by atoms with E-state index < -0.39 is 6.61 Å². The van der Waals surface area contributed by atoms with Crippen molar-refractivity contribution in [1.82, 2.24) is 14.7 Å². The summed E-state index contributed by atoms with van der Waals surface area (Å²) in [5.41, 5.74) is 0.392. The molecule has 2 rings (SSSR count). The summed E-state index contributed by atoms with van der Waals surface area (Å²) in [7, 11) is 3.40. The lowest BCUT2D eigenvalue weighted by Crippen LogP contribution is -2.52. The van der Waals surface area contributed by atoms with Crippen LogP contribution in [0, 0.1) is 0 Å². The van der Waals surface area contributed by atoms with Gasteiger partial charge in [-0.25, -0.2) is 4.79 Å². The molecule has 3 amide bonds. The zero-order valence-corrected chi connectivity index (χ0v) is 15.3. The number of alkyl halides is 2. The Bertz CT molecular complexity index is 652. The fourth-order valence-electron chi connectivity index (χ4n) is 2.55. The van der Waals surface area contributed by atoms with Crippen LogP contribution in [0.4, 0.5) is 19.3 Å². The Morgan fingerprint density at radius 2 is 1.92 bits per heavy atom. The van der Waals surface area contributed by atoms with Crippen molar-refractivity contribution >= 4 is 29.2 Å². The highest BCUT2D eigenvalue weighted by Gasteiger charge is 2.23. The number of urea groups is 1. The van der Waals surface area contributed by atoms with Crippen LogP contribution >= 0.6 is 11.6 Å². The summed E-state index contributed by atoms with van der Waals surface area (Å²) in [6.07, 6.45) is 0. The van der Waals surface area contributed by atoms with Crippen LogP contribution in [-0.4, -0.2) is 80.1 Å². The largest absolute Gasteiger partial charge is 0.433 e. The van der Waals surface area contributed by atoms with Crippen LogP contribution in [0.3, 0.4) is 0 Å². The Labute approximate surface area is 155 Å². The lowest BCUT2D eigenvalue weighted by Gasteiger charge is -2.35. The molecule has 0 atom stereocenters. The van der Waals surface area contributed by atoms with Gasteiger partial charge >= 0.3 is 12.6 Å². The molecule has 26 heavy (non-hydrogen) atoms. The molecule has 0 bridgehead atoms. The van der Waals surface area contributed by atoms with Crippen molar-refractivity contribution < 1.29 is 23.1 Å². The number of ether oxygens (including phenoxy) is 1. The molecule has 7 nitrogen and oxygen atoms in total. The second kappa shape index (κ2) is 9.00. The van der Waals surface area contributed by atoms with Crippen LogP contribution in [0.5, 0.6) is 5.75 Å². The number of hydrogen-bond donors (Lipinski definition) is 1. The average molecular weight is 391 g/mol. The molecule has 1 N–H and O–H groups in total. The van der Waals surface area contributed by atoms with E-state index in [2.05, 4.69) is 10.1 Å². The number of hydrogen-bond acceptors (Lipinski definition) is 4. The lowest BCUT2D eigenvalue weighted by atomic mass is 10.3. The maximum Gasteiger partial charge on any atom is 0.387 e. The highest BCUT2D eigenvalue weighted by Crippen LogP contribution is 2.28. The molecule has 0 spiro atoms. The van der Waals surface area contributed by atoms with Crippen molar-refractivity contribution in [3.05, 3.63) is 23.2 Å². The van der Waals surface area contributed by atoms with Crippen molar-refractivity contribution in [1.29, 1.82) is 0 Å². The number of amides is 3. The van der Waals surface area contributed by atoms with Gasteiger partial charge in [-0.15, -0.1) is 0 Å². The first-order valence-corrected chi connectivity index (χ1v) is 8.37. The van der Waals surface area contributed by atoms with E-state index in [1.165, 1.54) is 23.1 Å². The first-order chi connectivity index (χ1) is 12.3. The molecule has 1 saturated heterocycles. The topological polar surface area (TPSA) is 65.1 Å². The fourth-order valence-corrected chi connectivity index (χ4v) is 2.78. The minimum Gasteiger partial charge on any atom is -0.433 e. The van der Waals surface area contributed by atoms with Crippen LogP contribution in [-0.2, 0) is 4.79 Å². The van der Waals surface area contributed by atoms with E-state index in [1.54, 1.807) is 19.0 Å². The van der Waals surface area contributed by atoms with Crippen LogP contribution in [0.2, 0.25) is 5.02 Å². The maximum absolute atomic E-state index is 12.2. The van der Waals surface area contributed by atoms with E-state index in [9.17, 15) is 18.4 Å². The number of carbonyl (C=O) groups is 2.